The molecule has 0 radical (unpaired) electrons. The van der Waals surface area contributed by atoms with Crippen LogP contribution in [-0.4, -0.2) is 18.0 Å². The van der Waals surface area contributed by atoms with Crippen LogP contribution in [0.4, 0.5) is 5.82 Å². The van der Waals surface area contributed by atoms with Crippen LogP contribution >= 0.6 is 0 Å². The molecule has 0 saturated carbocycles. The van der Waals surface area contributed by atoms with Crippen molar-refractivity contribution in [3.8, 4) is 5.75 Å². The number of benzene rings is 2. The lowest BCUT2D eigenvalue weighted by molar-refractivity contribution is 0.0951. The standard InChI is InChI=1S/C22H23N3O3/c1-27-15-18-11-12-19(21(23)25-18)22(26)24-13-17-9-5-6-10-20(17)28-14-16-7-3-2-4-8-16/h2-12H,13-15H2,1H3,(H2,23,25)(H,24,26). The summed E-state index contributed by atoms with van der Waals surface area (Å²) in [5.74, 6) is 0.626. The second-order valence-electron chi connectivity index (χ2n) is 6.23. The molecule has 0 bridgehead atoms. The highest BCUT2D eigenvalue weighted by atomic mass is 16.5. The molecule has 144 valence electrons. The van der Waals surface area contributed by atoms with Crippen LogP contribution < -0.4 is 15.8 Å². The van der Waals surface area contributed by atoms with Crippen molar-refractivity contribution in [2.75, 3.05) is 12.8 Å². The molecule has 3 aromatic rings. The quantitative estimate of drug-likeness (QED) is 0.629. The van der Waals surface area contributed by atoms with Gasteiger partial charge in [0.05, 0.1) is 17.9 Å². The van der Waals surface area contributed by atoms with Crippen molar-refractivity contribution in [3.63, 3.8) is 0 Å². The third-order valence-corrected chi connectivity index (χ3v) is 4.17. The topological polar surface area (TPSA) is 86.5 Å². The molecule has 0 saturated heterocycles. The third-order valence-electron chi connectivity index (χ3n) is 4.17. The molecular weight excluding hydrogens is 354 g/mol. The summed E-state index contributed by atoms with van der Waals surface area (Å²) in [5.41, 5.74) is 8.89. The van der Waals surface area contributed by atoms with Crippen molar-refractivity contribution in [2.45, 2.75) is 19.8 Å². The van der Waals surface area contributed by atoms with E-state index in [4.69, 9.17) is 15.2 Å². The van der Waals surface area contributed by atoms with Gasteiger partial charge in [0.1, 0.15) is 18.2 Å². The number of carbonyl (C=O) groups is 1. The Kier molecular flexibility index (Phi) is 6.59. The average Bonchev–Trinajstić information content (AvgIpc) is 2.72. The minimum atomic E-state index is -0.285. The molecule has 6 heteroatoms. The highest BCUT2D eigenvalue weighted by Gasteiger charge is 2.12. The first-order valence-corrected chi connectivity index (χ1v) is 8.94. The van der Waals surface area contributed by atoms with Crippen LogP contribution in [0, 0.1) is 0 Å². The van der Waals surface area contributed by atoms with E-state index in [2.05, 4.69) is 10.3 Å². The monoisotopic (exact) mass is 377 g/mol. The number of nitrogens with one attached hydrogen (secondary N) is 1. The van der Waals surface area contributed by atoms with E-state index in [-0.39, 0.29) is 11.7 Å². The molecule has 1 heterocycles. The van der Waals surface area contributed by atoms with E-state index in [1.54, 1.807) is 19.2 Å². The molecule has 0 fully saturated rings. The number of nitrogens with zero attached hydrogens (tertiary/aromatic N) is 1. The van der Waals surface area contributed by atoms with Gasteiger partial charge in [-0.15, -0.1) is 0 Å². The van der Waals surface area contributed by atoms with Crippen LogP contribution in [0.25, 0.3) is 0 Å². The van der Waals surface area contributed by atoms with Crippen molar-refractivity contribution >= 4 is 11.7 Å². The van der Waals surface area contributed by atoms with E-state index >= 15 is 0 Å². The molecule has 0 unspecified atom stereocenters. The maximum absolute atomic E-state index is 12.5. The Morgan fingerprint density at radius 1 is 1.00 bits per heavy atom. The van der Waals surface area contributed by atoms with Gasteiger partial charge >= 0.3 is 0 Å². The SMILES string of the molecule is COCc1ccc(C(=O)NCc2ccccc2OCc2ccccc2)c(N)n1. The summed E-state index contributed by atoms with van der Waals surface area (Å²) in [6.07, 6.45) is 0. The van der Waals surface area contributed by atoms with Gasteiger partial charge in [-0.2, -0.15) is 0 Å². The predicted octanol–water partition coefficient (Wildman–Crippen LogP) is 3.32. The van der Waals surface area contributed by atoms with E-state index in [1.807, 2.05) is 54.6 Å². The molecule has 1 aromatic heterocycles. The average molecular weight is 377 g/mol. The summed E-state index contributed by atoms with van der Waals surface area (Å²) in [7, 11) is 1.58. The van der Waals surface area contributed by atoms with Gasteiger partial charge in [-0.05, 0) is 23.8 Å². The predicted molar refractivity (Wildman–Crippen MR) is 108 cm³/mol. The number of hydrogen-bond acceptors (Lipinski definition) is 5. The first kappa shape index (κ1) is 19.4. The summed E-state index contributed by atoms with van der Waals surface area (Å²) >= 11 is 0. The second-order valence-corrected chi connectivity index (χ2v) is 6.23. The Morgan fingerprint density at radius 2 is 1.75 bits per heavy atom. The molecule has 1 amide bonds. The lowest BCUT2D eigenvalue weighted by Gasteiger charge is -2.13. The van der Waals surface area contributed by atoms with E-state index in [0.29, 0.717) is 31.0 Å². The van der Waals surface area contributed by atoms with Gasteiger partial charge in [0.25, 0.3) is 5.91 Å². The van der Waals surface area contributed by atoms with Gasteiger partial charge in [0, 0.05) is 19.2 Å². The molecular formula is C22H23N3O3. The largest absolute Gasteiger partial charge is 0.489 e. The van der Waals surface area contributed by atoms with E-state index in [0.717, 1.165) is 16.9 Å². The zero-order valence-corrected chi connectivity index (χ0v) is 15.7. The molecule has 0 aliphatic carbocycles. The smallest absolute Gasteiger partial charge is 0.255 e. The van der Waals surface area contributed by atoms with E-state index < -0.39 is 0 Å². The van der Waals surface area contributed by atoms with Crippen LogP contribution in [0.1, 0.15) is 27.2 Å². The number of amides is 1. The molecule has 0 atom stereocenters. The number of nitrogen functional groups attached to an aromatic ring is 1. The molecule has 0 spiro atoms. The Hall–Kier alpha value is -3.38. The van der Waals surface area contributed by atoms with Gasteiger partial charge < -0.3 is 20.5 Å². The van der Waals surface area contributed by atoms with Crippen molar-refractivity contribution < 1.29 is 14.3 Å². The number of hydrogen-bond donors (Lipinski definition) is 2. The first-order chi connectivity index (χ1) is 13.7. The minimum absolute atomic E-state index is 0.181. The Morgan fingerprint density at radius 3 is 2.50 bits per heavy atom. The number of para-hydroxylation sites is 1. The molecule has 0 aliphatic heterocycles. The fourth-order valence-electron chi connectivity index (χ4n) is 2.73. The summed E-state index contributed by atoms with van der Waals surface area (Å²) < 4.78 is 10.9. The van der Waals surface area contributed by atoms with Crippen molar-refractivity contribution in [2.24, 2.45) is 0 Å². The van der Waals surface area contributed by atoms with Gasteiger partial charge in [0.2, 0.25) is 0 Å². The Balaban J connectivity index is 1.63. The Bertz CT molecular complexity index is 929. The molecule has 3 rings (SSSR count). The zero-order chi connectivity index (χ0) is 19.8. The molecule has 0 aliphatic rings. The number of methoxy groups -OCH3 is 1. The number of rotatable bonds is 8. The summed E-state index contributed by atoms with van der Waals surface area (Å²) in [5, 5.41) is 2.88. The van der Waals surface area contributed by atoms with E-state index in [1.165, 1.54) is 0 Å². The van der Waals surface area contributed by atoms with Crippen molar-refractivity contribution in [1.82, 2.24) is 10.3 Å². The molecule has 28 heavy (non-hydrogen) atoms. The minimum Gasteiger partial charge on any atom is -0.489 e. The second kappa shape index (κ2) is 9.53. The number of ether oxygens (including phenoxy) is 2. The van der Waals surface area contributed by atoms with Crippen LogP contribution in [-0.2, 0) is 24.5 Å². The van der Waals surface area contributed by atoms with Gasteiger partial charge in [-0.3, -0.25) is 4.79 Å². The lowest BCUT2D eigenvalue weighted by atomic mass is 10.1. The van der Waals surface area contributed by atoms with Crippen LogP contribution in [0.5, 0.6) is 5.75 Å². The summed E-state index contributed by atoms with van der Waals surface area (Å²) in [6.45, 7) is 1.13. The van der Waals surface area contributed by atoms with Crippen LogP contribution in [0.3, 0.4) is 0 Å². The fraction of sp³-hybridized carbons (Fsp3) is 0.182. The summed E-state index contributed by atoms with van der Waals surface area (Å²) in [4.78, 5) is 16.7. The van der Waals surface area contributed by atoms with Gasteiger partial charge in [-0.1, -0.05) is 48.5 Å². The number of aromatic nitrogens is 1. The summed E-state index contributed by atoms with van der Waals surface area (Å²) in [6, 6.07) is 20.9. The zero-order valence-electron chi connectivity index (χ0n) is 15.7. The molecule has 2 aromatic carbocycles. The lowest BCUT2D eigenvalue weighted by Crippen LogP contribution is -2.24. The maximum Gasteiger partial charge on any atom is 0.255 e. The van der Waals surface area contributed by atoms with Crippen LogP contribution in [0.15, 0.2) is 66.7 Å². The third kappa shape index (κ3) is 5.08. The highest BCUT2D eigenvalue weighted by molar-refractivity contribution is 5.98. The normalized spacial score (nSPS) is 10.5. The molecule has 6 nitrogen and oxygen atoms in total. The van der Waals surface area contributed by atoms with Crippen molar-refractivity contribution in [1.29, 1.82) is 0 Å². The van der Waals surface area contributed by atoms with Crippen LogP contribution in [0.2, 0.25) is 0 Å². The van der Waals surface area contributed by atoms with Gasteiger partial charge in [0.15, 0.2) is 0 Å². The van der Waals surface area contributed by atoms with E-state index in [9.17, 15) is 4.79 Å². The highest BCUT2D eigenvalue weighted by Crippen LogP contribution is 2.20. The Labute approximate surface area is 164 Å². The number of nitrogens with two attached hydrogens (primary N) is 1. The first-order valence-electron chi connectivity index (χ1n) is 8.94. The van der Waals surface area contributed by atoms with Crippen molar-refractivity contribution in [3.05, 3.63) is 89.1 Å². The molecule has 3 N–H and O–H groups in total. The number of carbonyl (C=O) groups excluding carboxylic acids is 1. The number of pyridine rings is 1. The van der Waals surface area contributed by atoms with Gasteiger partial charge in [-0.25, -0.2) is 4.98 Å². The number of anilines is 1. The fourth-order valence-corrected chi connectivity index (χ4v) is 2.73. The maximum atomic E-state index is 12.5.